The molecule has 33 heavy (non-hydrogen) atoms. The second-order valence-electron chi connectivity index (χ2n) is 8.41. The summed E-state index contributed by atoms with van der Waals surface area (Å²) in [6, 6.07) is 22.5. The minimum atomic E-state index is -2.40. The Morgan fingerprint density at radius 1 is 0.818 bits per heavy atom. The Morgan fingerprint density at radius 3 is 2.39 bits per heavy atom. The van der Waals surface area contributed by atoms with E-state index in [0.29, 0.717) is 38.4 Å². The molecule has 0 amide bonds. The highest BCUT2D eigenvalue weighted by molar-refractivity contribution is 6.14. The van der Waals surface area contributed by atoms with Gasteiger partial charge in [0.15, 0.2) is 11.8 Å². The van der Waals surface area contributed by atoms with E-state index in [9.17, 15) is 0 Å². The predicted molar refractivity (Wildman–Crippen MR) is 135 cm³/mol. The van der Waals surface area contributed by atoms with Crippen LogP contribution in [-0.4, -0.2) is 4.98 Å². The van der Waals surface area contributed by atoms with Gasteiger partial charge in [-0.05, 0) is 49.5 Å². The Morgan fingerprint density at radius 2 is 1.61 bits per heavy atom. The minimum Gasteiger partial charge on any atom is -0.454 e. The Hall–Kier alpha value is -3.98. The Balaban J connectivity index is 1.66. The quantitative estimate of drug-likeness (QED) is 0.269. The molecule has 0 N–H and O–H groups in total. The first-order valence-electron chi connectivity index (χ1n) is 13.8. The molecule has 6 rings (SSSR count). The fourth-order valence-electron chi connectivity index (χ4n) is 4.63. The molecule has 3 heteroatoms. The van der Waals surface area contributed by atoms with Gasteiger partial charge in [0.05, 0.1) is 0 Å². The third kappa shape index (κ3) is 3.04. The second-order valence-corrected chi connectivity index (χ2v) is 8.41. The van der Waals surface area contributed by atoms with Crippen molar-refractivity contribution >= 4 is 32.8 Å². The third-order valence-corrected chi connectivity index (χ3v) is 6.29. The Labute approximate surface area is 201 Å². The first-order chi connectivity index (χ1) is 18.4. The molecule has 3 aromatic carbocycles. The zero-order chi connectivity index (χ0) is 27.7. The van der Waals surface area contributed by atoms with Gasteiger partial charge in [0.1, 0.15) is 18.1 Å². The highest BCUT2D eigenvalue weighted by Gasteiger charge is 2.20. The van der Waals surface area contributed by atoms with E-state index < -0.39 is 13.7 Å². The number of aryl methyl sites for hydroxylation is 4. The average molecular weight is 436 g/mol. The lowest BCUT2D eigenvalue weighted by atomic mass is 9.96. The molecule has 0 saturated heterocycles. The van der Waals surface area contributed by atoms with E-state index in [1.807, 2.05) is 79.2 Å². The zero-order valence-corrected chi connectivity index (χ0v) is 18.3. The fraction of sp³-hybridized carbons (Fsp3) is 0.133. The molecule has 0 atom stereocenters. The van der Waals surface area contributed by atoms with Crippen molar-refractivity contribution in [2.75, 3.05) is 0 Å². The van der Waals surface area contributed by atoms with E-state index in [2.05, 4.69) is 4.98 Å². The maximum Gasteiger partial charge on any atom is 0.213 e. The predicted octanol–water partition coefficient (Wildman–Crippen LogP) is 7.22. The molecular formula is C30H25N2O+. The van der Waals surface area contributed by atoms with Crippen LogP contribution in [0.3, 0.4) is 0 Å². The second kappa shape index (κ2) is 7.28. The molecule has 0 bridgehead atoms. The van der Waals surface area contributed by atoms with Crippen molar-refractivity contribution in [1.29, 1.82) is 0 Å². The van der Waals surface area contributed by atoms with E-state index in [-0.39, 0.29) is 11.3 Å². The SMILES string of the molecule is [2H]C([2H])([2H])c1c[n+](C)c(-c2cc3c(cc2C)oc2c4ccccc4c(C([2H])([2H])[2H])nc32)cc1-c1ccccc1. The van der Waals surface area contributed by atoms with Gasteiger partial charge in [0, 0.05) is 47.3 Å². The van der Waals surface area contributed by atoms with Gasteiger partial charge in [-0.2, -0.15) is 0 Å². The molecule has 0 aliphatic rings. The van der Waals surface area contributed by atoms with Crippen molar-refractivity contribution in [2.24, 2.45) is 7.05 Å². The number of rotatable bonds is 2. The molecule has 0 aliphatic heterocycles. The Bertz CT molecular complexity index is 1900. The molecule has 0 aliphatic carbocycles. The fourth-order valence-corrected chi connectivity index (χ4v) is 4.63. The topological polar surface area (TPSA) is 29.9 Å². The number of fused-ring (bicyclic) bond motifs is 5. The van der Waals surface area contributed by atoms with E-state index in [1.165, 1.54) is 0 Å². The monoisotopic (exact) mass is 435 g/mol. The highest BCUT2D eigenvalue weighted by atomic mass is 16.3. The molecule has 0 radical (unpaired) electrons. The van der Waals surface area contributed by atoms with Crippen LogP contribution in [0.5, 0.6) is 0 Å². The van der Waals surface area contributed by atoms with Crippen LogP contribution in [0.4, 0.5) is 0 Å². The van der Waals surface area contributed by atoms with E-state index in [4.69, 9.17) is 12.6 Å². The van der Waals surface area contributed by atoms with Gasteiger partial charge >= 0.3 is 0 Å². The first-order valence-corrected chi connectivity index (χ1v) is 10.8. The van der Waals surface area contributed by atoms with Gasteiger partial charge < -0.3 is 4.42 Å². The van der Waals surface area contributed by atoms with Crippen molar-refractivity contribution in [2.45, 2.75) is 20.6 Å². The number of nitrogens with zero attached hydrogens (tertiary/aromatic N) is 2. The van der Waals surface area contributed by atoms with Crippen molar-refractivity contribution in [3.05, 3.63) is 95.8 Å². The molecular weight excluding hydrogens is 404 g/mol. The van der Waals surface area contributed by atoms with Crippen LogP contribution in [0, 0.1) is 20.6 Å². The summed E-state index contributed by atoms with van der Waals surface area (Å²) in [4.78, 5) is 4.62. The first kappa shape index (κ1) is 14.2. The smallest absolute Gasteiger partial charge is 0.213 e. The minimum absolute atomic E-state index is 0.0365. The molecule has 160 valence electrons. The van der Waals surface area contributed by atoms with Crippen molar-refractivity contribution in [3.63, 3.8) is 0 Å². The molecule has 3 aromatic heterocycles. The van der Waals surface area contributed by atoms with Gasteiger partial charge in [-0.25, -0.2) is 9.55 Å². The van der Waals surface area contributed by atoms with Crippen LogP contribution in [-0.2, 0) is 7.05 Å². The number of furan rings is 1. The lowest BCUT2D eigenvalue weighted by molar-refractivity contribution is -0.660. The lowest BCUT2D eigenvalue weighted by Gasteiger charge is -2.10. The normalized spacial score (nSPS) is 15.1. The number of hydrogen-bond acceptors (Lipinski definition) is 2. The molecule has 3 heterocycles. The summed E-state index contributed by atoms with van der Waals surface area (Å²) >= 11 is 0. The number of benzene rings is 3. The van der Waals surface area contributed by atoms with E-state index >= 15 is 0 Å². The van der Waals surface area contributed by atoms with Crippen LogP contribution in [0.1, 0.15) is 25.0 Å². The van der Waals surface area contributed by atoms with E-state index in [0.717, 1.165) is 22.4 Å². The van der Waals surface area contributed by atoms with Crippen molar-refractivity contribution in [3.8, 4) is 22.4 Å². The standard InChI is InChI=1S/C30H25N2O/c1-18-14-28-26(29-30(33-28)23-13-9-8-12-22(23)20(3)31-29)15-25(18)27-16-24(19(2)17-32(27)4)21-10-6-5-7-11-21/h5-17H,1-4H3/q+1/i2D3,3D3. The lowest BCUT2D eigenvalue weighted by Crippen LogP contribution is -2.31. The summed E-state index contributed by atoms with van der Waals surface area (Å²) in [6.45, 7) is -2.72. The van der Waals surface area contributed by atoms with Gasteiger partial charge in [-0.1, -0.05) is 54.6 Å². The maximum atomic E-state index is 8.14. The van der Waals surface area contributed by atoms with Crippen LogP contribution >= 0.6 is 0 Å². The van der Waals surface area contributed by atoms with Crippen LogP contribution < -0.4 is 4.57 Å². The number of pyridine rings is 2. The number of hydrogen-bond donors (Lipinski definition) is 0. The largest absolute Gasteiger partial charge is 0.454 e. The molecule has 6 aromatic rings. The molecule has 0 unspecified atom stereocenters. The highest BCUT2D eigenvalue weighted by Crippen LogP contribution is 2.37. The van der Waals surface area contributed by atoms with Gasteiger partial charge in [-0.3, -0.25) is 0 Å². The number of aromatic nitrogens is 2. The molecule has 0 spiro atoms. The maximum absolute atomic E-state index is 8.14. The molecule has 3 nitrogen and oxygen atoms in total. The average Bonchev–Trinajstić information content (AvgIpc) is 3.24. The van der Waals surface area contributed by atoms with Crippen molar-refractivity contribution < 1.29 is 17.2 Å². The summed E-state index contributed by atoms with van der Waals surface area (Å²) in [5.41, 5.74) is 5.99. The van der Waals surface area contributed by atoms with Gasteiger partial charge in [0.2, 0.25) is 5.69 Å². The van der Waals surface area contributed by atoms with Gasteiger partial charge in [-0.15, -0.1) is 0 Å². The summed E-state index contributed by atoms with van der Waals surface area (Å²) in [7, 11) is 1.83. The summed E-state index contributed by atoms with van der Waals surface area (Å²) in [5, 5.41) is 1.94. The van der Waals surface area contributed by atoms with Crippen molar-refractivity contribution in [1.82, 2.24) is 4.98 Å². The van der Waals surface area contributed by atoms with E-state index in [1.54, 1.807) is 18.3 Å². The molecule has 0 fully saturated rings. The zero-order valence-electron chi connectivity index (χ0n) is 24.3. The van der Waals surface area contributed by atoms with Crippen LogP contribution in [0.2, 0.25) is 0 Å². The van der Waals surface area contributed by atoms with Crippen LogP contribution in [0.25, 0.3) is 55.2 Å². The third-order valence-electron chi connectivity index (χ3n) is 6.29. The van der Waals surface area contributed by atoms with Crippen LogP contribution in [0.15, 0.2) is 83.4 Å². The molecule has 0 saturated carbocycles. The summed E-state index contributed by atoms with van der Waals surface area (Å²) in [5.74, 6) is 0. The summed E-state index contributed by atoms with van der Waals surface area (Å²) < 4.78 is 56.8. The Kier molecular flexibility index (Phi) is 3.14. The summed E-state index contributed by atoms with van der Waals surface area (Å²) in [6.07, 6.45) is 1.67. The van der Waals surface area contributed by atoms with Gasteiger partial charge in [0.25, 0.3) is 0 Å².